The van der Waals surface area contributed by atoms with Crippen LogP contribution in [0.2, 0.25) is 0 Å². The van der Waals surface area contributed by atoms with E-state index in [0.717, 1.165) is 38.8 Å². The van der Waals surface area contributed by atoms with E-state index < -0.39 is 0 Å². The summed E-state index contributed by atoms with van der Waals surface area (Å²) in [7, 11) is 0. The molecule has 0 aliphatic carbocycles. The molecule has 3 N–H and O–H groups in total. The van der Waals surface area contributed by atoms with Crippen molar-refractivity contribution in [2.45, 2.75) is 27.3 Å². The first-order valence-corrected chi connectivity index (χ1v) is 11.9. The van der Waals surface area contributed by atoms with Gasteiger partial charge in [-0.1, -0.05) is 53.6 Å². The van der Waals surface area contributed by atoms with Gasteiger partial charge in [0.2, 0.25) is 11.8 Å². The van der Waals surface area contributed by atoms with Gasteiger partial charge in [0.1, 0.15) is 13.1 Å². The van der Waals surface area contributed by atoms with Crippen LogP contribution in [-0.4, -0.2) is 47.9 Å². The minimum Gasteiger partial charge on any atom is -0.494 e. The Morgan fingerprint density at radius 3 is 2.38 bits per heavy atom. The predicted molar refractivity (Wildman–Crippen MR) is 143 cm³/mol. The van der Waals surface area contributed by atoms with Crippen molar-refractivity contribution in [2.24, 2.45) is 4.99 Å². The monoisotopic (exact) mass is 493 g/mol. The number of nitrogens with zero attached hydrogens (tertiary/aromatic N) is 6. The van der Waals surface area contributed by atoms with Gasteiger partial charge < -0.3 is 10.8 Å². The molecule has 0 unspecified atom stereocenters. The summed E-state index contributed by atoms with van der Waals surface area (Å²) < 4.78 is 3.08. The molecule has 0 aliphatic rings. The molecule has 0 spiro atoms. The first-order chi connectivity index (χ1) is 17.8. The number of hydrogen-bond donors (Lipinski definition) is 2. The maximum Gasteiger partial charge on any atom is 0.240 e. The van der Waals surface area contributed by atoms with E-state index in [-0.39, 0.29) is 30.7 Å². The zero-order chi connectivity index (χ0) is 26.1. The van der Waals surface area contributed by atoms with Gasteiger partial charge in [0, 0.05) is 16.6 Å². The van der Waals surface area contributed by atoms with Crippen molar-refractivity contribution in [1.29, 1.82) is 0 Å². The van der Waals surface area contributed by atoms with Crippen LogP contribution >= 0.6 is 0 Å². The molecule has 0 amide bonds. The fourth-order valence-corrected chi connectivity index (χ4v) is 4.58. The quantitative estimate of drug-likeness (QED) is 0.331. The highest BCUT2D eigenvalue weighted by molar-refractivity contribution is 6.22. The van der Waals surface area contributed by atoms with Gasteiger partial charge in [-0.05, 0) is 66.1 Å². The SMILES string of the molecule is Cc1cc(C)cc(-n2c(O)c(C(=NCC(=O)Cn3nnnc3N)c3ccccc3)c3ccc(C)cc32)c1. The van der Waals surface area contributed by atoms with Crippen molar-refractivity contribution >= 4 is 28.3 Å². The number of carbonyl (C=O) groups excluding carboxylic acids is 1. The molecule has 0 saturated heterocycles. The lowest BCUT2D eigenvalue weighted by Crippen LogP contribution is -2.17. The van der Waals surface area contributed by atoms with Crippen LogP contribution in [0.1, 0.15) is 27.8 Å². The molecule has 3 aromatic carbocycles. The second-order valence-electron chi connectivity index (χ2n) is 9.16. The Morgan fingerprint density at radius 2 is 1.70 bits per heavy atom. The summed E-state index contributed by atoms with van der Waals surface area (Å²) in [6.07, 6.45) is 0. The van der Waals surface area contributed by atoms with Crippen LogP contribution in [-0.2, 0) is 11.3 Å². The molecule has 0 saturated carbocycles. The van der Waals surface area contributed by atoms with Crippen molar-refractivity contribution in [1.82, 2.24) is 24.8 Å². The molecule has 0 radical (unpaired) electrons. The molecule has 0 aliphatic heterocycles. The van der Waals surface area contributed by atoms with Gasteiger partial charge in [-0.3, -0.25) is 14.4 Å². The summed E-state index contributed by atoms with van der Waals surface area (Å²) >= 11 is 0. The van der Waals surface area contributed by atoms with Crippen LogP contribution in [0.25, 0.3) is 16.6 Å². The largest absolute Gasteiger partial charge is 0.494 e. The summed E-state index contributed by atoms with van der Waals surface area (Å²) in [5, 5.41) is 23.4. The number of fused-ring (bicyclic) bond motifs is 1. The maximum absolute atomic E-state index is 12.8. The number of aryl methyl sites for hydroxylation is 3. The molecule has 9 nitrogen and oxygen atoms in total. The Hall–Kier alpha value is -4.79. The summed E-state index contributed by atoms with van der Waals surface area (Å²) in [6, 6.07) is 21.8. The number of tetrazole rings is 1. The number of carbonyl (C=O) groups is 1. The van der Waals surface area contributed by atoms with Crippen LogP contribution < -0.4 is 5.73 Å². The molecule has 9 heteroatoms. The molecular formula is C28H27N7O2. The molecule has 5 rings (SSSR count). The lowest BCUT2D eigenvalue weighted by Gasteiger charge is -2.11. The Morgan fingerprint density at radius 1 is 0.973 bits per heavy atom. The number of hydrogen-bond acceptors (Lipinski definition) is 7. The molecule has 186 valence electrons. The fraction of sp³-hybridized carbons (Fsp3) is 0.179. The standard InChI is InChI=1S/C28H27N7O2/c1-17-9-10-23-24(14-17)35(21-12-18(2)11-19(3)13-21)27(37)25(23)26(20-7-5-4-6-8-20)30-15-22(36)16-34-28(29)31-32-33-34/h4-14,37H,15-16H2,1-3H3,(H2,29,31,33). The number of benzene rings is 3. The average molecular weight is 494 g/mol. The highest BCUT2D eigenvalue weighted by Crippen LogP contribution is 2.37. The minimum absolute atomic E-state index is 0.0603. The predicted octanol–water partition coefficient (Wildman–Crippen LogP) is 3.94. The van der Waals surface area contributed by atoms with E-state index in [1.54, 1.807) is 0 Å². The zero-order valence-corrected chi connectivity index (χ0v) is 20.9. The summed E-state index contributed by atoms with van der Waals surface area (Å²) in [5.74, 6) is -0.101. The van der Waals surface area contributed by atoms with Gasteiger partial charge in [0.05, 0.1) is 16.8 Å². The van der Waals surface area contributed by atoms with Gasteiger partial charge in [0.25, 0.3) is 0 Å². The number of aromatic nitrogens is 5. The first-order valence-electron chi connectivity index (χ1n) is 11.9. The van der Waals surface area contributed by atoms with E-state index in [1.165, 1.54) is 4.68 Å². The van der Waals surface area contributed by atoms with E-state index in [9.17, 15) is 9.90 Å². The van der Waals surface area contributed by atoms with Crippen molar-refractivity contribution in [2.75, 3.05) is 12.3 Å². The first kappa shape index (κ1) is 23.9. The molecule has 0 fully saturated rings. The lowest BCUT2D eigenvalue weighted by molar-refractivity contribution is -0.118. The number of nitrogens with two attached hydrogens (primary N) is 1. The molecule has 0 atom stereocenters. The second kappa shape index (κ2) is 9.69. The lowest BCUT2D eigenvalue weighted by atomic mass is 10.0. The number of rotatable bonds is 7. The zero-order valence-electron chi connectivity index (χ0n) is 20.9. The third-order valence-electron chi connectivity index (χ3n) is 6.15. The number of aliphatic imine (C=N–C) groups is 1. The van der Waals surface area contributed by atoms with E-state index in [2.05, 4.69) is 21.6 Å². The van der Waals surface area contributed by atoms with Crippen LogP contribution in [0.15, 0.2) is 71.7 Å². The van der Waals surface area contributed by atoms with Crippen LogP contribution in [0.3, 0.4) is 0 Å². The smallest absolute Gasteiger partial charge is 0.240 e. The van der Waals surface area contributed by atoms with E-state index in [1.807, 2.05) is 86.0 Å². The summed E-state index contributed by atoms with van der Waals surface area (Å²) in [5.41, 5.74) is 12.5. The second-order valence-corrected chi connectivity index (χ2v) is 9.16. The number of Topliss-reactive ketones (excluding diaryl/α,β-unsaturated/α-hetero) is 1. The average Bonchev–Trinajstić information content (AvgIpc) is 3.38. The Labute approximate surface area is 213 Å². The highest BCUT2D eigenvalue weighted by atomic mass is 16.3. The van der Waals surface area contributed by atoms with Gasteiger partial charge >= 0.3 is 0 Å². The van der Waals surface area contributed by atoms with Crippen LogP contribution in [0.5, 0.6) is 5.88 Å². The van der Waals surface area contributed by atoms with Gasteiger partial charge in [0.15, 0.2) is 5.78 Å². The third kappa shape index (κ3) is 4.71. The fourth-order valence-electron chi connectivity index (χ4n) is 4.58. The summed E-state index contributed by atoms with van der Waals surface area (Å²) in [4.78, 5) is 17.5. The van der Waals surface area contributed by atoms with Gasteiger partial charge in [-0.2, -0.15) is 0 Å². The maximum atomic E-state index is 12.8. The number of nitrogen functional groups attached to an aromatic ring is 1. The van der Waals surface area contributed by atoms with Gasteiger partial charge in [-0.15, -0.1) is 0 Å². The number of ketones is 1. The van der Waals surface area contributed by atoms with Crippen molar-refractivity contribution < 1.29 is 9.90 Å². The topological polar surface area (TPSA) is 124 Å². The molecule has 0 bridgehead atoms. The minimum atomic E-state index is -0.221. The van der Waals surface area contributed by atoms with Gasteiger partial charge in [-0.25, -0.2) is 4.68 Å². The van der Waals surface area contributed by atoms with Crippen LogP contribution in [0.4, 0.5) is 5.95 Å². The molecule has 2 heterocycles. The van der Waals surface area contributed by atoms with Crippen LogP contribution in [0, 0.1) is 20.8 Å². The Balaban J connectivity index is 1.68. The molecular weight excluding hydrogens is 466 g/mol. The van der Waals surface area contributed by atoms with Crippen molar-refractivity contribution in [3.63, 3.8) is 0 Å². The number of anilines is 1. The summed E-state index contributed by atoms with van der Waals surface area (Å²) in [6.45, 7) is 5.85. The van der Waals surface area contributed by atoms with Crippen molar-refractivity contribution in [3.05, 3.63) is 94.5 Å². The highest BCUT2D eigenvalue weighted by Gasteiger charge is 2.23. The molecule has 2 aromatic heterocycles. The molecule has 37 heavy (non-hydrogen) atoms. The Kier molecular flexibility index (Phi) is 6.27. The third-order valence-corrected chi connectivity index (χ3v) is 6.15. The number of aromatic hydroxyl groups is 1. The Bertz CT molecular complexity index is 1630. The van der Waals surface area contributed by atoms with Crippen molar-refractivity contribution in [3.8, 4) is 11.6 Å². The van der Waals surface area contributed by atoms with E-state index in [0.29, 0.717) is 11.3 Å². The normalized spacial score (nSPS) is 11.8. The molecule has 5 aromatic rings. The van der Waals surface area contributed by atoms with E-state index >= 15 is 0 Å². The van der Waals surface area contributed by atoms with E-state index in [4.69, 9.17) is 10.7 Å².